The van der Waals surface area contributed by atoms with Gasteiger partial charge in [0.05, 0.1) is 29.9 Å². The fourth-order valence-electron chi connectivity index (χ4n) is 3.62. The summed E-state index contributed by atoms with van der Waals surface area (Å²) in [7, 11) is 8.14. The molecule has 3 atom stereocenters. The van der Waals surface area contributed by atoms with Crippen LogP contribution in [0.25, 0.3) is 0 Å². The summed E-state index contributed by atoms with van der Waals surface area (Å²) in [5.41, 5.74) is 1.98. The van der Waals surface area contributed by atoms with E-state index >= 15 is 0 Å². The highest BCUT2D eigenvalue weighted by Crippen LogP contribution is 2.29. The second-order valence-electron chi connectivity index (χ2n) is 8.26. The highest BCUT2D eigenvalue weighted by atomic mass is 15.3. The molecule has 1 aromatic heterocycles. The number of likely N-dealkylation sites (N-methyl/N-ethyl adjacent to an activating group) is 1. The summed E-state index contributed by atoms with van der Waals surface area (Å²) >= 11 is 0. The molecule has 0 bridgehead atoms. The molecular weight excluding hydrogens is 374 g/mol. The predicted molar refractivity (Wildman–Crippen MR) is 125 cm³/mol. The molecule has 7 nitrogen and oxygen atoms in total. The average molecular weight is 412 g/mol. The Balaban J connectivity index is 2.44. The van der Waals surface area contributed by atoms with Gasteiger partial charge in [0.25, 0.3) is 0 Å². The fraction of sp³-hybridized carbons (Fsp3) is 0.565. The molecule has 0 aromatic carbocycles. The van der Waals surface area contributed by atoms with Crippen molar-refractivity contribution in [3.05, 3.63) is 43.0 Å². The van der Waals surface area contributed by atoms with Crippen LogP contribution in [0.4, 0.5) is 11.5 Å². The standard InChI is InChI=1S/C23H37N7/c1-8-28(7)17-21-22(30(14-12-25-4)19(3)18(2)15-24)9-10-23(26-21)29-13-11-20(16-29)27(5)6/h8-10,12,14,18-20,25H,1,11,13,16-17H2,2-7H3/b14-12-/t18?,19?,20-/m1/s1. The molecule has 1 fully saturated rings. The van der Waals surface area contributed by atoms with Gasteiger partial charge in [-0.3, -0.25) is 0 Å². The Morgan fingerprint density at radius 2 is 2.10 bits per heavy atom. The van der Waals surface area contributed by atoms with E-state index < -0.39 is 0 Å². The number of aromatic nitrogens is 1. The van der Waals surface area contributed by atoms with Crippen LogP contribution >= 0.6 is 0 Å². The van der Waals surface area contributed by atoms with Crippen molar-refractivity contribution < 1.29 is 0 Å². The molecule has 2 heterocycles. The van der Waals surface area contributed by atoms with Gasteiger partial charge in [0.1, 0.15) is 5.82 Å². The van der Waals surface area contributed by atoms with Crippen molar-refractivity contribution in [2.45, 2.75) is 38.9 Å². The molecule has 0 radical (unpaired) electrons. The lowest BCUT2D eigenvalue weighted by Crippen LogP contribution is -2.35. The van der Waals surface area contributed by atoms with Crippen LogP contribution in [-0.2, 0) is 6.54 Å². The molecule has 30 heavy (non-hydrogen) atoms. The van der Waals surface area contributed by atoms with Gasteiger partial charge in [0.15, 0.2) is 0 Å². The normalized spacial score (nSPS) is 18.3. The first kappa shape index (κ1) is 23.6. The lowest BCUT2D eigenvalue weighted by Gasteiger charge is -2.32. The smallest absolute Gasteiger partial charge is 0.129 e. The molecule has 0 spiro atoms. The number of nitrogens with one attached hydrogen (secondary N) is 1. The van der Waals surface area contributed by atoms with Crippen LogP contribution in [-0.4, -0.2) is 68.1 Å². The molecule has 1 aliphatic rings. The average Bonchev–Trinajstić information content (AvgIpc) is 3.24. The van der Waals surface area contributed by atoms with Crippen LogP contribution in [0.15, 0.2) is 37.3 Å². The van der Waals surface area contributed by atoms with Gasteiger partial charge in [-0.1, -0.05) is 6.58 Å². The first-order valence-corrected chi connectivity index (χ1v) is 10.6. The molecule has 1 aliphatic heterocycles. The van der Waals surface area contributed by atoms with Crippen LogP contribution in [0.5, 0.6) is 0 Å². The monoisotopic (exact) mass is 411 g/mol. The number of pyridine rings is 1. The number of rotatable bonds is 10. The van der Waals surface area contributed by atoms with Gasteiger partial charge in [-0.25, -0.2) is 4.98 Å². The van der Waals surface area contributed by atoms with E-state index in [9.17, 15) is 5.26 Å². The second-order valence-corrected chi connectivity index (χ2v) is 8.26. The van der Waals surface area contributed by atoms with Gasteiger partial charge in [0, 0.05) is 51.7 Å². The van der Waals surface area contributed by atoms with Crippen molar-refractivity contribution >= 4 is 11.5 Å². The summed E-state index contributed by atoms with van der Waals surface area (Å²) in [6.07, 6.45) is 6.83. The van der Waals surface area contributed by atoms with Crippen molar-refractivity contribution in [1.29, 1.82) is 5.26 Å². The third-order valence-corrected chi connectivity index (χ3v) is 5.91. The Hall–Kier alpha value is -2.72. The molecule has 2 rings (SSSR count). The number of hydrogen-bond acceptors (Lipinski definition) is 7. The Morgan fingerprint density at radius 3 is 2.67 bits per heavy atom. The zero-order valence-corrected chi connectivity index (χ0v) is 19.3. The third kappa shape index (κ3) is 5.67. The van der Waals surface area contributed by atoms with Gasteiger partial charge >= 0.3 is 0 Å². The van der Waals surface area contributed by atoms with Crippen LogP contribution in [0.3, 0.4) is 0 Å². The van der Waals surface area contributed by atoms with Crippen molar-refractivity contribution in [3.63, 3.8) is 0 Å². The molecule has 164 valence electrons. The quantitative estimate of drug-likeness (QED) is 0.635. The minimum absolute atomic E-state index is 0.00458. The molecule has 0 saturated carbocycles. The SMILES string of the molecule is C=CN(C)Cc1nc(N2CC[C@@H](N(C)C)C2)ccc1N(/C=C\NC)C(C)C(C)C#N. The number of nitrogens with zero attached hydrogens (tertiary/aromatic N) is 6. The maximum atomic E-state index is 9.47. The van der Waals surface area contributed by atoms with Crippen LogP contribution < -0.4 is 15.1 Å². The van der Waals surface area contributed by atoms with Crippen LogP contribution in [0.1, 0.15) is 26.0 Å². The molecule has 1 saturated heterocycles. The molecular formula is C23H37N7. The minimum Gasteiger partial charge on any atom is -0.393 e. The first-order chi connectivity index (χ1) is 14.3. The maximum absolute atomic E-state index is 9.47. The van der Waals surface area contributed by atoms with E-state index in [2.05, 4.69) is 65.8 Å². The number of nitriles is 1. The first-order valence-electron chi connectivity index (χ1n) is 10.6. The molecule has 0 aliphatic carbocycles. The van der Waals surface area contributed by atoms with Crippen molar-refractivity contribution in [1.82, 2.24) is 20.1 Å². The van der Waals surface area contributed by atoms with E-state index in [1.165, 1.54) is 0 Å². The summed E-state index contributed by atoms with van der Waals surface area (Å²) in [4.78, 5) is 13.9. The van der Waals surface area contributed by atoms with Crippen molar-refractivity contribution in [2.24, 2.45) is 5.92 Å². The Bertz CT molecular complexity index is 767. The Labute approximate surface area is 182 Å². The summed E-state index contributed by atoms with van der Waals surface area (Å²) < 4.78 is 0. The van der Waals surface area contributed by atoms with Gasteiger partial charge in [-0.15, -0.1) is 0 Å². The van der Waals surface area contributed by atoms with Gasteiger partial charge < -0.3 is 24.9 Å². The molecule has 2 unspecified atom stereocenters. The van der Waals surface area contributed by atoms with Crippen LogP contribution in [0.2, 0.25) is 0 Å². The van der Waals surface area contributed by atoms with Gasteiger partial charge in [-0.05, 0) is 52.7 Å². The Kier molecular flexibility index (Phi) is 8.55. The Morgan fingerprint density at radius 1 is 1.37 bits per heavy atom. The zero-order valence-electron chi connectivity index (χ0n) is 19.3. The van der Waals surface area contributed by atoms with E-state index in [0.29, 0.717) is 12.6 Å². The van der Waals surface area contributed by atoms with Gasteiger partial charge in [0.2, 0.25) is 0 Å². The lowest BCUT2D eigenvalue weighted by molar-refractivity contribution is 0.315. The molecule has 7 heteroatoms. The summed E-state index contributed by atoms with van der Waals surface area (Å²) in [5, 5.41) is 12.5. The highest BCUT2D eigenvalue weighted by molar-refractivity contribution is 5.59. The second kappa shape index (κ2) is 10.9. The van der Waals surface area contributed by atoms with E-state index in [4.69, 9.17) is 4.98 Å². The molecule has 0 amide bonds. The molecule has 1 N–H and O–H groups in total. The predicted octanol–water partition coefficient (Wildman–Crippen LogP) is 2.84. The fourth-order valence-corrected chi connectivity index (χ4v) is 3.62. The van der Waals surface area contributed by atoms with Crippen molar-refractivity contribution in [3.8, 4) is 6.07 Å². The van der Waals surface area contributed by atoms with E-state index in [1.807, 2.05) is 44.5 Å². The summed E-state index contributed by atoms with van der Waals surface area (Å²) in [5.74, 6) is 0.879. The topological polar surface area (TPSA) is 61.7 Å². The third-order valence-electron chi connectivity index (χ3n) is 5.91. The van der Waals surface area contributed by atoms with Gasteiger partial charge in [-0.2, -0.15) is 5.26 Å². The van der Waals surface area contributed by atoms with E-state index in [-0.39, 0.29) is 12.0 Å². The number of hydrogen-bond donors (Lipinski definition) is 1. The summed E-state index contributed by atoms with van der Waals surface area (Å²) in [6.45, 7) is 10.6. The summed E-state index contributed by atoms with van der Waals surface area (Å²) in [6, 6.07) is 7.18. The molecule has 1 aromatic rings. The van der Waals surface area contributed by atoms with E-state index in [0.717, 1.165) is 36.7 Å². The lowest BCUT2D eigenvalue weighted by atomic mass is 10.0. The number of anilines is 2. The largest absolute Gasteiger partial charge is 0.393 e. The minimum atomic E-state index is -0.129. The van der Waals surface area contributed by atoms with E-state index in [1.54, 1.807) is 0 Å². The highest BCUT2D eigenvalue weighted by Gasteiger charge is 2.27. The van der Waals surface area contributed by atoms with Crippen molar-refractivity contribution in [2.75, 3.05) is 51.1 Å². The zero-order chi connectivity index (χ0) is 22.3. The van der Waals surface area contributed by atoms with Crippen LogP contribution in [0, 0.1) is 17.2 Å². The maximum Gasteiger partial charge on any atom is 0.129 e.